The Bertz CT molecular complexity index is 613. The number of aliphatic hydroxyl groups is 1. The molecule has 0 bridgehead atoms. The summed E-state index contributed by atoms with van der Waals surface area (Å²) >= 11 is 0. The van der Waals surface area contributed by atoms with E-state index in [2.05, 4.69) is 10.6 Å². The minimum Gasteiger partial charge on any atom is -0.396 e. The molecular formula is C16H21F3N2O3. The quantitative estimate of drug-likeness (QED) is 0.717. The van der Waals surface area contributed by atoms with Crippen molar-refractivity contribution in [1.29, 1.82) is 0 Å². The third kappa shape index (κ3) is 5.84. The predicted molar refractivity (Wildman–Crippen MR) is 83.3 cm³/mol. The number of nitrogens with one attached hydrogen (secondary N) is 2. The topological polar surface area (TPSA) is 78.4 Å². The summed E-state index contributed by atoms with van der Waals surface area (Å²) in [7, 11) is 0. The average molecular weight is 346 g/mol. The minimum atomic E-state index is -4.54. The monoisotopic (exact) mass is 346 g/mol. The van der Waals surface area contributed by atoms with Crippen molar-refractivity contribution < 1.29 is 27.9 Å². The molecule has 0 aliphatic carbocycles. The van der Waals surface area contributed by atoms with Crippen molar-refractivity contribution in [3.8, 4) is 0 Å². The molecule has 0 radical (unpaired) electrons. The molecule has 8 heteroatoms. The van der Waals surface area contributed by atoms with E-state index in [-0.39, 0.29) is 24.4 Å². The zero-order valence-corrected chi connectivity index (χ0v) is 13.8. The van der Waals surface area contributed by atoms with Crippen molar-refractivity contribution in [2.24, 2.45) is 5.41 Å². The van der Waals surface area contributed by atoms with Crippen LogP contribution in [-0.4, -0.2) is 30.1 Å². The van der Waals surface area contributed by atoms with Gasteiger partial charge in [-0.2, -0.15) is 13.2 Å². The first-order valence-electron chi connectivity index (χ1n) is 7.34. The van der Waals surface area contributed by atoms with Crippen molar-refractivity contribution in [3.63, 3.8) is 0 Å². The van der Waals surface area contributed by atoms with E-state index in [1.165, 1.54) is 19.1 Å². The normalized spacial score (nSPS) is 12.0. The first-order valence-corrected chi connectivity index (χ1v) is 7.34. The Kier molecular flexibility index (Phi) is 6.36. The Morgan fingerprint density at radius 2 is 1.79 bits per heavy atom. The van der Waals surface area contributed by atoms with Gasteiger partial charge in [-0.1, -0.05) is 19.9 Å². The van der Waals surface area contributed by atoms with Crippen LogP contribution < -0.4 is 10.6 Å². The number of halogens is 3. The lowest BCUT2D eigenvalue weighted by Crippen LogP contribution is -2.40. The summed E-state index contributed by atoms with van der Waals surface area (Å²) in [4.78, 5) is 23.5. The lowest BCUT2D eigenvalue weighted by molar-refractivity contribution is -0.138. The van der Waals surface area contributed by atoms with Gasteiger partial charge in [-0.3, -0.25) is 9.59 Å². The molecule has 134 valence electrons. The van der Waals surface area contributed by atoms with Crippen LogP contribution in [0, 0.1) is 12.3 Å². The minimum absolute atomic E-state index is 0.0238. The molecule has 0 spiro atoms. The third-order valence-corrected chi connectivity index (χ3v) is 3.52. The van der Waals surface area contributed by atoms with Crippen LogP contribution in [-0.2, 0) is 15.8 Å². The van der Waals surface area contributed by atoms with Gasteiger partial charge >= 0.3 is 18.0 Å². The molecule has 0 saturated heterocycles. The second-order valence-corrected chi connectivity index (χ2v) is 6.30. The molecule has 1 rings (SSSR count). The highest BCUT2D eigenvalue weighted by molar-refractivity contribution is 6.39. The zero-order valence-electron chi connectivity index (χ0n) is 13.8. The summed E-state index contributed by atoms with van der Waals surface area (Å²) in [6, 6.07) is 3.31. The Morgan fingerprint density at radius 1 is 1.17 bits per heavy atom. The van der Waals surface area contributed by atoms with E-state index in [9.17, 15) is 22.8 Å². The summed E-state index contributed by atoms with van der Waals surface area (Å²) in [6.07, 6.45) is -4.11. The molecule has 5 nitrogen and oxygen atoms in total. The van der Waals surface area contributed by atoms with Gasteiger partial charge in [0.05, 0.1) is 5.56 Å². The van der Waals surface area contributed by atoms with Crippen LogP contribution in [0.5, 0.6) is 0 Å². The summed E-state index contributed by atoms with van der Waals surface area (Å²) in [5, 5.41) is 13.5. The van der Waals surface area contributed by atoms with Gasteiger partial charge in [0.15, 0.2) is 0 Å². The van der Waals surface area contributed by atoms with Gasteiger partial charge in [0.25, 0.3) is 0 Å². The van der Waals surface area contributed by atoms with Crippen LogP contribution in [0.3, 0.4) is 0 Å². The fraction of sp³-hybridized carbons (Fsp3) is 0.500. The van der Waals surface area contributed by atoms with Crippen LogP contribution in [0.4, 0.5) is 18.9 Å². The van der Waals surface area contributed by atoms with Gasteiger partial charge in [0, 0.05) is 18.8 Å². The lowest BCUT2D eigenvalue weighted by Gasteiger charge is -2.23. The number of hydrogen-bond donors (Lipinski definition) is 3. The van der Waals surface area contributed by atoms with Gasteiger partial charge in [0.2, 0.25) is 0 Å². The van der Waals surface area contributed by atoms with E-state index in [1.54, 1.807) is 13.8 Å². The van der Waals surface area contributed by atoms with Crippen molar-refractivity contribution >= 4 is 17.5 Å². The van der Waals surface area contributed by atoms with Gasteiger partial charge in [-0.05, 0) is 36.5 Å². The second kappa shape index (κ2) is 7.65. The number of benzene rings is 1. The fourth-order valence-corrected chi connectivity index (χ4v) is 1.98. The van der Waals surface area contributed by atoms with Crippen LogP contribution in [0.2, 0.25) is 0 Å². The molecule has 0 aliphatic heterocycles. The van der Waals surface area contributed by atoms with E-state index in [0.717, 1.165) is 6.07 Å². The number of amides is 2. The average Bonchev–Trinajstić information content (AvgIpc) is 2.45. The molecular weight excluding hydrogens is 325 g/mol. The molecule has 3 N–H and O–H groups in total. The largest absolute Gasteiger partial charge is 0.416 e. The molecule has 2 amide bonds. The van der Waals surface area contributed by atoms with Crippen molar-refractivity contribution in [2.45, 2.75) is 33.4 Å². The van der Waals surface area contributed by atoms with E-state index >= 15 is 0 Å². The van der Waals surface area contributed by atoms with Crippen LogP contribution in [0.1, 0.15) is 31.4 Å². The molecule has 1 aromatic rings. The molecule has 0 heterocycles. The highest BCUT2D eigenvalue weighted by atomic mass is 19.4. The molecule has 0 aromatic heterocycles. The molecule has 1 aromatic carbocycles. The SMILES string of the molecule is Cc1ccc(NC(=O)C(=O)NCC(C)(C)CCO)cc1C(F)(F)F. The van der Waals surface area contributed by atoms with E-state index in [4.69, 9.17) is 5.11 Å². The summed E-state index contributed by atoms with van der Waals surface area (Å²) in [5.74, 6) is -2.00. The standard InChI is InChI=1S/C16H21F3N2O3/c1-10-4-5-11(8-12(10)16(17,18)19)21-14(24)13(23)20-9-15(2,3)6-7-22/h4-5,8,22H,6-7,9H2,1-3H3,(H,20,23)(H,21,24). The summed E-state index contributed by atoms with van der Waals surface area (Å²) in [5.41, 5.74) is -1.36. The number of rotatable bonds is 5. The summed E-state index contributed by atoms with van der Waals surface area (Å²) in [6.45, 7) is 5.01. The Balaban J connectivity index is 2.73. The number of alkyl halides is 3. The van der Waals surface area contributed by atoms with Crippen molar-refractivity contribution in [2.75, 3.05) is 18.5 Å². The third-order valence-electron chi connectivity index (χ3n) is 3.52. The smallest absolute Gasteiger partial charge is 0.396 e. The van der Waals surface area contributed by atoms with Crippen LogP contribution >= 0.6 is 0 Å². The molecule has 0 atom stereocenters. The Labute approximate surface area is 138 Å². The van der Waals surface area contributed by atoms with Gasteiger partial charge in [0.1, 0.15) is 0 Å². The number of carbonyl (C=O) groups is 2. The van der Waals surface area contributed by atoms with E-state index < -0.39 is 29.0 Å². The van der Waals surface area contributed by atoms with Gasteiger partial charge in [-0.15, -0.1) is 0 Å². The van der Waals surface area contributed by atoms with Crippen molar-refractivity contribution in [1.82, 2.24) is 5.32 Å². The second-order valence-electron chi connectivity index (χ2n) is 6.30. The maximum atomic E-state index is 12.8. The van der Waals surface area contributed by atoms with E-state index in [1.807, 2.05) is 0 Å². The zero-order chi connectivity index (χ0) is 18.5. The van der Waals surface area contributed by atoms with Crippen molar-refractivity contribution in [3.05, 3.63) is 29.3 Å². The molecule has 0 fully saturated rings. The number of hydrogen-bond acceptors (Lipinski definition) is 3. The first-order chi connectivity index (χ1) is 11.0. The molecule has 0 unspecified atom stereocenters. The number of carbonyl (C=O) groups excluding carboxylic acids is 2. The lowest BCUT2D eigenvalue weighted by atomic mass is 9.90. The highest BCUT2D eigenvalue weighted by Crippen LogP contribution is 2.33. The maximum absolute atomic E-state index is 12.8. The number of aryl methyl sites for hydroxylation is 1. The molecule has 24 heavy (non-hydrogen) atoms. The summed E-state index contributed by atoms with van der Waals surface area (Å²) < 4.78 is 38.5. The highest BCUT2D eigenvalue weighted by Gasteiger charge is 2.32. The number of anilines is 1. The first kappa shape index (κ1) is 20.0. The fourth-order valence-electron chi connectivity index (χ4n) is 1.98. The maximum Gasteiger partial charge on any atom is 0.416 e. The van der Waals surface area contributed by atoms with E-state index in [0.29, 0.717) is 6.42 Å². The Morgan fingerprint density at radius 3 is 2.33 bits per heavy atom. The molecule has 0 saturated carbocycles. The van der Waals surface area contributed by atoms with Gasteiger partial charge in [-0.25, -0.2) is 0 Å². The molecule has 0 aliphatic rings. The van der Waals surface area contributed by atoms with Crippen LogP contribution in [0.15, 0.2) is 18.2 Å². The van der Waals surface area contributed by atoms with Crippen LogP contribution in [0.25, 0.3) is 0 Å². The Hall–Kier alpha value is -2.09. The number of aliphatic hydroxyl groups excluding tert-OH is 1. The van der Waals surface area contributed by atoms with Gasteiger partial charge < -0.3 is 15.7 Å². The predicted octanol–water partition coefficient (Wildman–Crippen LogP) is 2.48.